The lowest BCUT2D eigenvalue weighted by molar-refractivity contribution is -0.253. The standard InChI is InChI=1S/C41H44N4O6/c1-2-21-49-41(48)42-25-29-7-5-8-31(22-29)32-9-6-10-33(23-32)39-50-35(24-38(51-39)30-15-13-28(27-46)14-16-30)26-44-19-17-34(18-20-44)45-37-12-4-3-11-36(37)43-40(45)47/h2-16,22-23,34-35,38-39,46H,1,17-21,24-27H2,(H,42,48)(H,43,47)/t35-,38+,39+/m1/s1. The van der Waals surface area contributed by atoms with Crippen molar-refractivity contribution >= 4 is 17.1 Å². The van der Waals surface area contributed by atoms with Crippen LogP contribution < -0.4 is 11.0 Å². The van der Waals surface area contributed by atoms with Gasteiger partial charge in [-0.2, -0.15) is 0 Å². The number of alkyl carbamates (subject to hydrolysis) is 1. The molecule has 0 bridgehead atoms. The van der Waals surface area contributed by atoms with Gasteiger partial charge in [0.25, 0.3) is 0 Å². The van der Waals surface area contributed by atoms with Crippen molar-refractivity contribution in [3.05, 3.63) is 142 Å². The van der Waals surface area contributed by atoms with Crippen molar-refractivity contribution in [1.29, 1.82) is 0 Å². The second-order valence-corrected chi connectivity index (χ2v) is 13.3. The van der Waals surface area contributed by atoms with Crippen molar-refractivity contribution in [1.82, 2.24) is 19.8 Å². The summed E-state index contributed by atoms with van der Waals surface area (Å²) in [6.07, 6.45) is 2.64. The fourth-order valence-corrected chi connectivity index (χ4v) is 7.20. The summed E-state index contributed by atoms with van der Waals surface area (Å²) < 4.78 is 20.4. The molecule has 10 nitrogen and oxygen atoms in total. The molecule has 51 heavy (non-hydrogen) atoms. The lowest BCUT2D eigenvalue weighted by Gasteiger charge is -2.40. The molecule has 1 amide bonds. The Morgan fingerprint density at radius 1 is 0.922 bits per heavy atom. The predicted molar refractivity (Wildman–Crippen MR) is 196 cm³/mol. The third-order valence-corrected chi connectivity index (χ3v) is 9.81. The van der Waals surface area contributed by atoms with Gasteiger partial charge >= 0.3 is 11.8 Å². The number of nitrogens with one attached hydrogen (secondary N) is 2. The number of hydrogen-bond donors (Lipinski definition) is 3. The van der Waals surface area contributed by atoms with Crippen molar-refractivity contribution in [2.24, 2.45) is 0 Å². The maximum atomic E-state index is 12.9. The summed E-state index contributed by atoms with van der Waals surface area (Å²) in [4.78, 5) is 30.3. The van der Waals surface area contributed by atoms with E-state index in [1.807, 2.05) is 83.4 Å². The molecule has 0 aliphatic carbocycles. The highest BCUT2D eigenvalue weighted by molar-refractivity contribution is 5.75. The number of benzene rings is 4. The predicted octanol–water partition coefficient (Wildman–Crippen LogP) is 6.78. The molecular weight excluding hydrogens is 644 g/mol. The quantitative estimate of drug-likeness (QED) is 0.131. The van der Waals surface area contributed by atoms with Crippen molar-refractivity contribution in [2.45, 2.75) is 57.0 Å². The number of aliphatic hydroxyl groups is 1. The van der Waals surface area contributed by atoms with Gasteiger partial charge in [0.15, 0.2) is 6.29 Å². The first-order chi connectivity index (χ1) is 25.0. The summed E-state index contributed by atoms with van der Waals surface area (Å²) in [5.74, 6) is 0. The van der Waals surface area contributed by atoms with Crippen molar-refractivity contribution in [2.75, 3.05) is 26.2 Å². The van der Waals surface area contributed by atoms with Gasteiger partial charge in [0.05, 0.1) is 29.8 Å². The van der Waals surface area contributed by atoms with E-state index in [-0.39, 0.29) is 37.2 Å². The second kappa shape index (κ2) is 15.9. The molecule has 264 valence electrons. The number of carbonyl (C=O) groups is 1. The van der Waals surface area contributed by atoms with Crippen LogP contribution in [0.25, 0.3) is 22.2 Å². The summed E-state index contributed by atoms with van der Waals surface area (Å²) in [7, 11) is 0. The molecule has 5 aromatic rings. The Balaban J connectivity index is 1.06. The number of rotatable bonds is 11. The number of amides is 1. The van der Waals surface area contributed by atoms with Gasteiger partial charge < -0.3 is 34.5 Å². The second-order valence-electron chi connectivity index (χ2n) is 13.3. The van der Waals surface area contributed by atoms with Crippen LogP contribution in [0.4, 0.5) is 4.79 Å². The number of hydrogen-bond acceptors (Lipinski definition) is 7. The number of piperidine rings is 1. The van der Waals surface area contributed by atoms with Crippen LogP contribution in [0.1, 0.15) is 60.0 Å². The highest BCUT2D eigenvalue weighted by Gasteiger charge is 2.34. The van der Waals surface area contributed by atoms with E-state index in [9.17, 15) is 14.7 Å². The van der Waals surface area contributed by atoms with Crippen molar-refractivity contribution in [3.8, 4) is 11.1 Å². The monoisotopic (exact) mass is 688 g/mol. The molecular formula is C41H44N4O6. The third-order valence-electron chi connectivity index (χ3n) is 9.81. The molecule has 3 atom stereocenters. The number of imidazole rings is 1. The normalized spacial score (nSPS) is 19.9. The SMILES string of the molecule is C=CCOC(=O)NCc1cccc(-c2cccc([C@H]3O[C@@H](CN4CCC(n5c(=O)[nH]c6ccccc65)CC4)C[C@@H](c4ccc(CO)cc4)O3)c2)c1. The Morgan fingerprint density at radius 3 is 2.47 bits per heavy atom. The van der Waals surface area contributed by atoms with Crippen LogP contribution in [0.5, 0.6) is 0 Å². The number of ether oxygens (including phenoxy) is 3. The fourth-order valence-electron chi connectivity index (χ4n) is 7.20. The van der Waals surface area contributed by atoms with Crippen LogP contribution in [-0.4, -0.2) is 58.0 Å². The minimum atomic E-state index is -0.585. The van der Waals surface area contributed by atoms with E-state index in [1.54, 1.807) is 0 Å². The summed E-state index contributed by atoms with van der Waals surface area (Å²) in [6.45, 7) is 6.54. The van der Waals surface area contributed by atoms with E-state index >= 15 is 0 Å². The Morgan fingerprint density at radius 2 is 1.69 bits per heavy atom. The van der Waals surface area contributed by atoms with Gasteiger partial charge in [-0.1, -0.05) is 85.5 Å². The Kier molecular flexibility index (Phi) is 10.7. The molecule has 2 fully saturated rings. The zero-order valence-electron chi connectivity index (χ0n) is 28.6. The molecule has 2 aliphatic heterocycles. The average Bonchev–Trinajstić information content (AvgIpc) is 3.52. The number of aromatic amines is 1. The third kappa shape index (κ3) is 8.16. The minimum Gasteiger partial charge on any atom is -0.445 e. The zero-order valence-corrected chi connectivity index (χ0v) is 28.6. The Bertz CT molecular complexity index is 2010. The molecule has 0 saturated carbocycles. The van der Waals surface area contributed by atoms with Crippen LogP contribution in [0.3, 0.4) is 0 Å². The number of H-pyrrole nitrogens is 1. The Labute approximate surface area is 297 Å². The molecule has 10 heteroatoms. The van der Waals surface area contributed by atoms with E-state index in [1.165, 1.54) is 6.08 Å². The largest absolute Gasteiger partial charge is 0.445 e. The molecule has 2 aliphatic rings. The number of para-hydroxylation sites is 2. The molecule has 1 aromatic heterocycles. The Hall–Kier alpha value is -5.00. The van der Waals surface area contributed by atoms with E-state index in [0.29, 0.717) is 13.0 Å². The van der Waals surface area contributed by atoms with Crippen LogP contribution >= 0.6 is 0 Å². The summed E-state index contributed by atoms with van der Waals surface area (Å²) >= 11 is 0. The van der Waals surface area contributed by atoms with Gasteiger partial charge in [-0.05, 0) is 64.9 Å². The highest BCUT2D eigenvalue weighted by Crippen LogP contribution is 2.39. The summed E-state index contributed by atoms with van der Waals surface area (Å²) in [6, 6.07) is 32.2. The van der Waals surface area contributed by atoms with Gasteiger partial charge in [0.2, 0.25) is 0 Å². The number of carbonyl (C=O) groups excluding carboxylic acids is 1. The molecule has 0 radical (unpaired) electrons. The molecule has 0 unspecified atom stereocenters. The average molecular weight is 689 g/mol. The smallest absolute Gasteiger partial charge is 0.407 e. The fraction of sp³-hybridized carbons (Fsp3) is 0.317. The number of aliphatic hydroxyl groups excluding tert-OH is 1. The van der Waals surface area contributed by atoms with Crippen LogP contribution in [0.2, 0.25) is 0 Å². The van der Waals surface area contributed by atoms with Crippen molar-refractivity contribution < 1.29 is 24.1 Å². The molecule has 0 spiro atoms. The lowest BCUT2D eigenvalue weighted by Crippen LogP contribution is -2.43. The van der Waals surface area contributed by atoms with Gasteiger partial charge in [-0.15, -0.1) is 0 Å². The number of nitrogens with zero attached hydrogens (tertiary/aromatic N) is 2. The zero-order chi connectivity index (χ0) is 35.2. The highest BCUT2D eigenvalue weighted by atomic mass is 16.7. The van der Waals surface area contributed by atoms with E-state index < -0.39 is 12.4 Å². The maximum Gasteiger partial charge on any atom is 0.407 e. The van der Waals surface area contributed by atoms with Crippen LogP contribution in [0, 0.1) is 0 Å². The summed E-state index contributed by atoms with van der Waals surface area (Å²) in [5.41, 5.74) is 7.58. The maximum absolute atomic E-state index is 12.9. The van der Waals surface area contributed by atoms with Gasteiger partial charge in [-0.3, -0.25) is 4.57 Å². The first kappa shape index (κ1) is 34.4. The van der Waals surface area contributed by atoms with Gasteiger partial charge in [-0.25, -0.2) is 9.59 Å². The van der Waals surface area contributed by atoms with Crippen LogP contribution in [0.15, 0.2) is 115 Å². The molecule has 3 heterocycles. The van der Waals surface area contributed by atoms with Crippen LogP contribution in [-0.2, 0) is 27.4 Å². The number of aromatic nitrogens is 2. The van der Waals surface area contributed by atoms with E-state index in [2.05, 4.69) is 40.0 Å². The number of likely N-dealkylation sites (tertiary alicyclic amines) is 1. The summed E-state index contributed by atoms with van der Waals surface area (Å²) in [5, 5.41) is 12.4. The minimum absolute atomic E-state index is 0.00968. The molecule has 4 aromatic carbocycles. The molecule has 7 rings (SSSR count). The van der Waals surface area contributed by atoms with E-state index in [4.69, 9.17) is 14.2 Å². The number of fused-ring (bicyclic) bond motifs is 1. The lowest BCUT2D eigenvalue weighted by atomic mass is 9.97. The van der Waals surface area contributed by atoms with Gasteiger partial charge in [0.1, 0.15) is 6.61 Å². The topological polar surface area (TPSA) is 118 Å². The first-order valence-electron chi connectivity index (χ1n) is 17.6. The first-order valence-corrected chi connectivity index (χ1v) is 17.6. The van der Waals surface area contributed by atoms with Crippen molar-refractivity contribution in [3.63, 3.8) is 0 Å². The van der Waals surface area contributed by atoms with Gasteiger partial charge in [0, 0.05) is 44.2 Å². The molecule has 2 saturated heterocycles. The molecule has 3 N–H and O–H groups in total. The van der Waals surface area contributed by atoms with E-state index in [0.717, 1.165) is 76.9 Å².